The van der Waals surface area contributed by atoms with Gasteiger partial charge in [0.05, 0.1) is 18.6 Å². The lowest BCUT2D eigenvalue weighted by Crippen LogP contribution is -2.49. The Hall–Kier alpha value is -5.04. The maximum absolute atomic E-state index is 14.8. The van der Waals surface area contributed by atoms with Crippen molar-refractivity contribution in [2.75, 3.05) is 11.9 Å². The topological polar surface area (TPSA) is 88.6 Å². The minimum atomic E-state index is -1.37. The number of hydrogen-bond acceptors (Lipinski definition) is 6. The summed E-state index contributed by atoms with van der Waals surface area (Å²) < 4.78 is 5.75. The Bertz CT molecular complexity index is 1730. The summed E-state index contributed by atoms with van der Waals surface area (Å²) in [7, 11) is 0. The molecule has 1 N–H and O–H groups in total. The number of aromatic nitrogens is 1. The number of hydrogen-bond donors (Lipinski definition) is 1. The van der Waals surface area contributed by atoms with E-state index in [1.807, 2.05) is 72.6 Å². The van der Waals surface area contributed by atoms with Crippen LogP contribution in [-0.2, 0) is 10.2 Å². The van der Waals surface area contributed by atoms with Crippen LogP contribution in [0, 0.1) is 5.92 Å². The number of para-hydroxylation sites is 1. The number of benzene rings is 3. The van der Waals surface area contributed by atoms with Crippen LogP contribution >= 0.6 is 0 Å². The summed E-state index contributed by atoms with van der Waals surface area (Å²) >= 11 is 0. The summed E-state index contributed by atoms with van der Waals surface area (Å²) in [6, 6.07) is 25.9. The Balaban J connectivity index is 1.47. The van der Waals surface area contributed by atoms with Gasteiger partial charge >= 0.3 is 0 Å². The average Bonchev–Trinajstić information content (AvgIpc) is 3.52. The molecule has 3 aliphatic heterocycles. The van der Waals surface area contributed by atoms with E-state index < -0.39 is 23.4 Å². The van der Waals surface area contributed by atoms with E-state index in [0.29, 0.717) is 29.2 Å². The summed E-state index contributed by atoms with van der Waals surface area (Å²) in [6.45, 7) is 2.60. The van der Waals surface area contributed by atoms with Crippen molar-refractivity contribution in [2.45, 2.75) is 30.8 Å². The number of Topliss-reactive ketones (excluding diaryl/α,β-unsaturated/α-hetero) is 2. The molecule has 4 heterocycles. The fourth-order valence-electron chi connectivity index (χ4n) is 6.94. The normalized spacial score (nSPS) is 23.2. The number of nitrogens with zero attached hydrogens (tertiary/aromatic N) is 2. The highest BCUT2D eigenvalue weighted by Crippen LogP contribution is 2.62. The quantitative estimate of drug-likeness (QED) is 0.288. The summed E-state index contributed by atoms with van der Waals surface area (Å²) in [5.41, 5.74) is 2.50. The Morgan fingerprint density at radius 1 is 0.929 bits per heavy atom. The largest absolute Gasteiger partial charge is 0.494 e. The van der Waals surface area contributed by atoms with Gasteiger partial charge in [-0.2, -0.15) is 0 Å². The molecule has 3 aliphatic rings. The molecule has 1 fully saturated rings. The van der Waals surface area contributed by atoms with Crippen molar-refractivity contribution < 1.29 is 19.1 Å². The van der Waals surface area contributed by atoms with Gasteiger partial charge in [-0.15, -0.1) is 0 Å². The van der Waals surface area contributed by atoms with Gasteiger partial charge in [-0.05, 0) is 71.7 Å². The number of rotatable bonds is 7. The van der Waals surface area contributed by atoms with Gasteiger partial charge in [0.25, 0.3) is 0 Å². The fourth-order valence-corrected chi connectivity index (χ4v) is 6.94. The predicted molar refractivity (Wildman–Crippen MR) is 159 cm³/mol. The highest BCUT2D eigenvalue weighted by molar-refractivity contribution is 6.16. The molecule has 1 spiro atoms. The van der Waals surface area contributed by atoms with Crippen molar-refractivity contribution in [1.29, 1.82) is 0 Å². The van der Waals surface area contributed by atoms with Crippen molar-refractivity contribution in [1.82, 2.24) is 9.88 Å². The van der Waals surface area contributed by atoms with Crippen LogP contribution in [0.15, 0.2) is 103 Å². The number of anilines is 1. The Morgan fingerprint density at radius 2 is 1.69 bits per heavy atom. The number of nitrogens with one attached hydrogen (secondary N) is 1. The number of pyridine rings is 1. The van der Waals surface area contributed by atoms with E-state index >= 15 is 0 Å². The van der Waals surface area contributed by atoms with Crippen molar-refractivity contribution in [3.8, 4) is 5.75 Å². The Kier molecular flexibility index (Phi) is 6.23. The highest BCUT2D eigenvalue weighted by Gasteiger charge is 2.70. The molecule has 7 rings (SSSR count). The third-order valence-corrected chi connectivity index (χ3v) is 8.65. The molecule has 0 radical (unpaired) electrons. The molecule has 7 heteroatoms. The zero-order chi connectivity index (χ0) is 28.8. The van der Waals surface area contributed by atoms with Crippen LogP contribution in [0.5, 0.6) is 5.75 Å². The van der Waals surface area contributed by atoms with Crippen molar-refractivity contribution in [3.63, 3.8) is 0 Å². The molecule has 42 heavy (non-hydrogen) atoms. The van der Waals surface area contributed by atoms with Gasteiger partial charge in [-0.1, -0.05) is 55.5 Å². The fraction of sp³-hybridized carbons (Fsp3) is 0.200. The molecule has 0 aliphatic carbocycles. The first-order valence-corrected chi connectivity index (χ1v) is 14.2. The van der Waals surface area contributed by atoms with Crippen LogP contribution in [0.2, 0.25) is 0 Å². The molecular formula is C35H29N3O4. The Morgan fingerprint density at radius 3 is 2.48 bits per heavy atom. The van der Waals surface area contributed by atoms with E-state index in [0.717, 1.165) is 17.5 Å². The minimum absolute atomic E-state index is 0.248. The number of ketones is 2. The van der Waals surface area contributed by atoms with Crippen LogP contribution in [0.4, 0.5) is 5.69 Å². The van der Waals surface area contributed by atoms with Crippen LogP contribution in [0.3, 0.4) is 0 Å². The van der Waals surface area contributed by atoms with Gasteiger partial charge in [-0.3, -0.25) is 19.4 Å². The van der Waals surface area contributed by atoms with Gasteiger partial charge < -0.3 is 15.0 Å². The third kappa shape index (κ3) is 3.73. The molecular weight excluding hydrogens is 526 g/mol. The van der Waals surface area contributed by atoms with Gasteiger partial charge in [0, 0.05) is 23.6 Å². The minimum Gasteiger partial charge on any atom is -0.494 e. The lowest BCUT2D eigenvalue weighted by atomic mass is 9.62. The molecule has 3 aromatic carbocycles. The summed E-state index contributed by atoms with van der Waals surface area (Å²) in [5, 5.41) is 3.07. The molecule has 0 saturated carbocycles. The highest BCUT2D eigenvalue weighted by atomic mass is 16.5. The lowest BCUT2D eigenvalue weighted by molar-refractivity contribution is -0.122. The maximum atomic E-state index is 14.8. The summed E-state index contributed by atoms with van der Waals surface area (Å²) in [4.78, 5) is 50.1. The number of fused-ring (bicyclic) bond motifs is 6. The second kappa shape index (κ2) is 10.1. The van der Waals surface area contributed by atoms with Crippen molar-refractivity contribution >= 4 is 29.2 Å². The first-order chi connectivity index (χ1) is 20.6. The summed E-state index contributed by atoms with van der Waals surface area (Å²) in [6.07, 6.45) is 6.25. The number of amides is 1. The number of carbonyl (C=O) groups excluding carboxylic acids is 3. The molecule has 1 aromatic heterocycles. The first-order valence-electron chi connectivity index (χ1n) is 14.2. The monoisotopic (exact) mass is 555 g/mol. The maximum Gasteiger partial charge on any atom is 0.238 e. The van der Waals surface area contributed by atoms with Crippen molar-refractivity contribution in [3.05, 3.63) is 131 Å². The second-order valence-corrected chi connectivity index (χ2v) is 10.9. The van der Waals surface area contributed by atoms with Gasteiger partial charge in [0.15, 0.2) is 5.78 Å². The van der Waals surface area contributed by atoms with Gasteiger partial charge in [-0.25, -0.2) is 0 Å². The average molecular weight is 556 g/mol. The third-order valence-electron chi connectivity index (χ3n) is 8.65. The molecule has 4 unspecified atom stereocenters. The Labute approximate surface area is 243 Å². The molecule has 1 saturated heterocycles. The molecule has 0 bridgehead atoms. The molecule has 4 atom stereocenters. The smallest absolute Gasteiger partial charge is 0.238 e. The van der Waals surface area contributed by atoms with Crippen LogP contribution < -0.4 is 10.1 Å². The van der Waals surface area contributed by atoms with Crippen LogP contribution in [0.25, 0.3) is 6.08 Å². The van der Waals surface area contributed by atoms with E-state index in [2.05, 4.69) is 10.3 Å². The van der Waals surface area contributed by atoms with Crippen molar-refractivity contribution in [2.24, 2.45) is 5.92 Å². The van der Waals surface area contributed by atoms with E-state index in [1.165, 1.54) is 0 Å². The van der Waals surface area contributed by atoms with Gasteiger partial charge in [0.2, 0.25) is 11.7 Å². The molecule has 7 nitrogen and oxygen atoms in total. The zero-order valence-electron chi connectivity index (χ0n) is 23.1. The van der Waals surface area contributed by atoms with Crippen LogP contribution in [0.1, 0.15) is 56.9 Å². The van der Waals surface area contributed by atoms with Gasteiger partial charge in [0.1, 0.15) is 22.9 Å². The standard InChI is InChI=1S/C35H29N3O4/c1-2-21-42-24-16-14-23(15-17-24)31(39)29-30(32(40)28-13-7-8-19-36-28)38-20-18-22-9-3-4-10-25(22)33(38)35(29)26-11-5-6-12-27(26)37-34(35)41/h3-20,29-30,33H,2,21H2,1H3,(H,37,41). The van der Waals surface area contributed by atoms with E-state index in [4.69, 9.17) is 4.74 Å². The van der Waals surface area contributed by atoms with E-state index in [1.54, 1.807) is 48.7 Å². The second-order valence-electron chi connectivity index (χ2n) is 10.9. The van der Waals surface area contributed by atoms with Crippen LogP contribution in [-0.4, -0.2) is 40.0 Å². The number of ether oxygens (including phenoxy) is 1. The molecule has 4 aromatic rings. The lowest BCUT2D eigenvalue weighted by Gasteiger charge is -2.38. The SMILES string of the molecule is CCCOc1ccc(C(=O)C2C(C(=O)c3ccccn3)N3C=Cc4ccccc4C3C23C(=O)Nc2ccccc23)cc1. The van der Waals surface area contributed by atoms with E-state index in [9.17, 15) is 14.4 Å². The number of carbonyl (C=O) groups is 3. The first kappa shape index (κ1) is 25.9. The summed E-state index contributed by atoms with van der Waals surface area (Å²) in [5.74, 6) is -1.26. The molecule has 208 valence electrons. The van der Waals surface area contributed by atoms with E-state index in [-0.39, 0.29) is 23.2 Å². The molecule has 1 amide bonds. The zero-order valence-corrected chi connectivity index (χ0v) is 23.1. The predicted octanol–water partition coefficient (Wildman–Crippen LogP) is 5.85.